The molecule has 2 aromatic heterocycles. The first-order chi connectivity index (χ1) is 19.9. The van der Waals surface area contributed by atoms with Crippen molar-refractivity contribution in [2.75, 3.05) is 46.7 Å². The molecule has 0 saturated carbocycles. The molecule has 4 aromatic rings. The normalized spacial score (nSPS) is 11.1. The van der Waals surface area contributed by atoms with E-state index in [1.54, 1.807) is 24.3 Å². The number of nitro benzene ring substituents is 1. The van der Waals surface area contributed by atoms with Gasteiger partial charge in [-0.2, -0.15) is 0 Å². The van der Waals surface area contributed by atoms with E-state index in [4.69, 9.17) is 18.9 Å². The first kappa shape index (κ1) is 30.0. The zero-order valence-corrected chi connectivity index (χ0v) is 23.5. The van der Waals surface area contributed by atoms with Crippen molar-refractivity contribution < 1.29 is 33.1 Å². The lowest BCUT2D eigenvalue weighted by atomic mass is 10.1. The number of hydrogen-bond acceptors (Lipinski definition) is 9. The Kier molecular flexibility index (Phi) is 10.7. The number of carbonyl (C=O) groups is 1. The number of hydrogen-bond donors (Lipinski definition) is 0. The number of carbonyl (C=O) groups excluding carboxylic acids is 1. The maximum absolute atomic E-state index is 14.4. The van der Waals surface area contributed by atoms with E-state index in [0.29, 0.717) is 57.4 Å². The van der Waals surface area contributed by atoms with Gasteiger partial charge >= 0.3 is 0 Å². The Morgan fingerprint density at radius 3 is 2.41 bits per heavy atom. The Hall–Kier alpha value is -3.97. The minimum atomic E-state index is -0.824. The van der Waals surface area contributed by atoms with Gasteiger partial charge in [-0.15, -0.1) is 11.3 Å². The Labute approximate surface area is 240 Å². The molecule has 2 heterocycles. The van der Waals surface area contributed by atoms with Gasteiger partial charge in [0.2, 0.25) is 5.91 Å². The Bertz CT molecular complexity index is 1480. The number of nitro groups is 1. The number of pyridine rings is 1. The number of amides is 1. The van der Waals surface area contributed by atoms with E-state index in [-0.39, 0.29) is 17.3 Å². The van der Waals surface area contributed by atoms with Crippen LogP contribution in [0.25, 0.3) is 20.7 Å². The quantitative estimate of drug-likeness (QED) is 0.0976. The molecule has 1 amide bonds. The molecule has 0 bridgehead atoms. The van der Waals surface area contributed by atoms with Crippen molar-refractivity contribution in [3.05, 3.63) is 82.3 Å². The molecule has 2 aromatic carbocycles. The molecular weight excluding hydrogens is 553 g/mol. The van der Waals surface area contributed by atoms with Crippen molar-refractivity contribution in [1.29, 1.82) is 0 Å². The summed E-state index contributed by atoms with van der Waals surface area (Å²) in [6.07, 6.45) is 1.56. The second-order valence-corrected chi connectivity index (χ2v) is 10.0. The molecule has 0 N–H and O–H groups in total. The maximum atomic E-state index is 14.4. The average molecular weight is 584 g/mol. The minimum Gasteiger partial charge on any atom is -0.453 e. The van der Waals surface area contributed by atoms with Crippen LogP contribution in [0.4, 0.5) is 10.1 Å². The van der Waals surface area contributed by atoms with Gasteiger partial charge < -0.3 is 23.8 Å². The van der Waals surface area contributed by atoms with Crippen LogP contribution in [0, 0.1) is 15.9 Å². The third-order valence-corrected chi connectivity index (χ3v) is 7.28. The monoisotopic (exact) mass is 583 g/mol. The number of nitrogens with zero attached hydrogens (tertiary/aromatic N) is 3. The summed E-state index contributed by atoms with van der Waals surface area (Å²) in [5, 5.41) is 10.9. The van der Waals surface area contributed by atoms with Gasteiger partial charge in [0.1, 0.15) is 5.75 Å². The highest BCUT2D eigenvalue weighted by Gasteiger charge is 2.16. The standard InChI is InChI=1S/C29H30FN3O7S/c1-20(34)32(11-12-38-15-16-39-14-13-37-2)19-21-3-5-22(6-4-21)28-18-25-29(41-28)27(9-10-31-25)40-26-8-7-23(33(35)36)17-24(26)30/h3-10,17-18H,11-16,19H2,1-2H3. The third kappa shape index (κ3) is 8.27. The summed E-state index contributed by atoms with van der Waals surface area (Å²) in [4.78, 5) is 29.5. The van der Waals surface area contributed by atoms with Gasteiger partial charge in [0.15, 0.2) is 11.6 Å². The minimum absolute atomic E-state index is 0.0402. The van der Waals surface area contributed by atoms with Crippen LogP contribution in [0.15, 0.2) is 60.8 Å². The topological polar surface area (TPSA) is 113 Å². The van der Waals surface area contributed by atoms with Crippen molar-refractivity contribution in [3.8, 4) is 21.9 Å². The molecule has 12 heteroatoms. The largest absolute Gasteiger partial charge is 0.453 e. The predicted molar refractivity (Wildman–Crippen MR) is 153 cm³/mol. The number of benzene rings is 2. The van der Waals surface area contributed by atoms with Crippen molar-refractivity contribution in [2.24, 2.45) is 0 Å². The highest BCUT2D eigenvalue weighted by molar-refractivity contribution is 7.22. The Balaban J connectivity index is 1.39. The summed E-state index contributed by atoms with van der Waals surface area (Å²) in [6, 6.07) is 14.7. The van der Waals surface area contributed by atoms with Crippen LogP contribution < -0.4 is 4.74 Å². The fraction of sp³-hybridized carbons (Fsp3) is 0.310. The molecule has 0 atom stereocenters. The number of rotatable bonds is 15. The van der Waals surface area contributed by atoms with Crippen LogP contribution in [0.3, 0.4) is 0 Å². The second-order valence-electron chi connectivity index (χ2n) is 8.96. The zero-order chi connectivity index (χ0) is 29.2. The zero-order valence-electron chi connectivity index (χ0n) is 22.7. The lowest BCUT2D eigenvalue weighted by Crippen LogP contribution is -2.31. The molecule has 10 nitrogen and oxygen atoms in total. The first-order valence-electron chi connectivity index (χ1n) is 12.9. The molecule has 0 fully saturated rings. The third-order valence-electron chi connectivity index (χ3n) is 6.09. The van der Waals surface area contributed by atoms with Crippen molar-refractivity contribution in [2.45, 2.75) is 13.5 Å². The van der Waals surface area contributed by atoms with Crippen molar-refractivity contribution in [3.63, 3.8) is 0 Å². The number of aromatic nitrogens is 1. The lowest BCUT2D eigenvalue weighted by Gasteiger charge is -2.21. The molecule has 0 saturated heterocycles. The van der Waals surface area contributed by atoms with Gasteiger partial charge in [0.25, 0.3) is 5.69 Å². The van der Waals surface area contributed by atoms with E-state index < -0.39 is 10.7 Å². The number of ether oxygens (including phenoxy) is 4. The number of fused-ring (bicyclic) bond motifs is 1. The maximum Gasteiger partial charge on any atom is 0.272 e. The number of non-ortho nitro benzene ring substituents is 1. The summed E-state index contributed by atoms with van der Waals surface area (Å²) in [5.74, 6) is -0.578. The van der Waals surface area contributed by atoms with Gasteiger partial charge in [0, 0.05) is 50.3 Å². The lowest BCUT2D eigenvalue weighted by molar-refractivity contribution is -0.385. The van der Waals surface area contributed by atoms with E-state index >= 15 is 0 Å². The fourth-order valence-electron chi connectivity index (χ4n) is 3.92. The summed E-state index contributed by atoms with van der Waals surface area (Å²) >= 11 is 1.44. The van der Waals surface area contributed by atoms with Gasteiger partial charge in [-0.25, -0.2) is 4.39 Å². The van der Waals surface area contributed by atoms with E-state index in [1.807, 2.05) is 30.3 Å². The Morgan fingerprint density at radius 1 is 1.00 bits per heavy atom. The van der Waals surface area contributed by atoms with Gasteiger partial charge in [-0.05, 0) is 23.3 Å². The summed E-state index contributed by atoms with van der Waals surface area (Å²) < 4.78 is 36.8. The Morgan fingerprint density at radius 2 is 1.73 bits per heavy atom. The SMILES string of the molecule is COCCOCCOCCN(Cc1ccc(-c2cc3nccc(Oc4ccc([N+](=O)[O-])cc4F)c3s2)cc1)C(C)=O. The summed E-state index contributed by atoms with van der Waals surface area (Å²) in [6.45, 7) is 4.85. The van der Waals surface area contributed by atoms with Crippen LogP contribution in [0.2, 0.25) is 0 Å². The highest BCUT2D eigenvalue weighted by atomic mass is 32.1. The van der Waals surface area contributed by atoms with E-state index in [9.17, 15) is 19.3 Å². The molecule has 41 heavy (non-hydrogen) atoms. The molecule has 0 aliphatic rings. The van der Waals surface area contributed by atoms with Crippen LogP contribution >= 0.6 is 11.3 Å². The number of thiophene rings is 1. The van der Waals surface area contributed by atoms with Crippen LogP contribution in [-0.2, 0) is 25.5 Å². The molecule has 216 valence electrons. The van der Waals surface area contributed by atoms with Gasteiger partial charge in [0.05, 0.1) is 54.2 Å². The molecule has 0 unspecified atom stereocenters. The van der Waals surface area contributed by atoms with Crippen LogP contribution in [-0.4, -0.2) is 67.4 Å². The molecule has 0 aliphatic heterocycles. The van der Waals surface area contributed by atoms with Crippen molar-refractivity contribution >= 4 is 33.1 Å². The van der Waals surface area contributed by atoms with Gasteiger partial charge in [-0.3, -0.25) is 19.9 Å². The molecular formula is C29H30FN3O7S. The predicted octanol–water partition coefficient (Wildman–Crippen LogP) is 5.83. The smallest absolute Gasteiger partial charge is 0.272 e. The average Bonchev–Trinajstić information content (AvgIpc) is 3.40. The highest BCUT2D eigenvalue weighted by Crippen LogP contribution is 2.40. The van der Waals surface area contributed by atoms with Crippen LogP contribution in [0.5, 0.6) is 11.5 Å². The fourth-order valence-corrected chi connectivity index (χ4v) is 4.99. The van der Waals surface area contributed by atoms with E-state index in [2.05, 4.69) is 4.98 Å². The number of halogens is 1. The van der Waals surface area contributed by atoms with Crippen LogP contribution in [0.1, 0.15) is 12.5 Å². The summed E-state index contributed by atoms with van der Waals surface area (Å²) in [5.41, 5.74) is 2.26. The second kappa shape index (κ2) is 14.6. The first-order valence-corrected chi connectivity index (χ1v) is 13.7. The molecule has 0 aliphatic carbocycles. The molecule has 0 spiro atoms. The van der Waals surface area contributed by atoms with Gasteiger partial charge in [-0.1, -0.05) is 24.3 Å². The van der Waals surface area contributed by atoms with E-state index in [1.165, 1.54) is 30.4 Å². The molecule has 4 rings (SSSR count). The summed E-state index contributed by atoms with van der Waals surface area (Å²) in [7, 11) is 1.62. The number of methoxy groups -OCH3 is 1. The van der Waals surface area contributed by atoms with E-state index in [0.717, 1.165) is 26.8 Å². The molecule has 0 radical (unpaired) electrons. The van der Waals surface area contributed by atoms with Crippen molar-refractivity contribution in [1.82, 2.24) is 9.88 Å².